The minimum atomic E-state index is -0.329. The average molecular weight is 373 g/mol. The molecular weight excluding hydrogens is 342 g/mol. The molecule has 2 aliphatic rings. The Labute approximate surface area is 161 Å². The third-order valence-electron chi connectivity index (χ3n) is 5.21. The van der Waals surface area contributed by atoms with Gasteiger partial charge >= 0.3 is 6.03 Å². The molecule has 2 atom stereocenters. The van der Waals surface area contributed by atoms with Crippen LogP contribution in [0, 0.1) is 12.8 Å². The summed E-state index contributed by atoms with van der Waals surface area (Å²) >= 11 is 0. The van der Waals surface area contributed by atoms with Gasteiger partial charge in [-0.15, -0.1) is 0 Å². The maximum atomic E-state index is 13.1. The molecule has 6 heteroatoms. The number of carbonyl (C=O) groups excluding carboxylic acids is 2. The van der Waals surface area contributed by atoms with Crippen molar-refractivity contribution in [1.29, 1.82) is 0 Å². The molecule has 2 heterocycles. The molecule has 2 saturated heterocycles. The molecule has 3 rings (SSSR count). The first-order chi connectivity index (χ1) is 12.7. The molecule has 1 aromatic carbocycles. The highest BCUT2D eigenvalue weighted by Crippen LogP contribution is 2.25. The SMILES string of the molecule is Cc1cccc(NC(=O)N2CCCC(C(=O)N3CC(C)OC(C)(C)C3)C2)c1. The molecule has 0 saturated carbocycles. The van der Waals surface area contributed by atoms with Crippen molar-refractivity contribution in [3.05, 3.63) is 29.8 Å². The van der Waals surface area contributed by atoms with Crippen molar-refractivity contribution < 1.29 is 14.3 Å². The minimum Gasteiger partial charge on any atom is -0.369 e. The highest BCUT2D eigenvalue weighted by Gasteiger charge is 2.38. The number of likely N-dealkylation sites (tertiary alicyclic amines) is 1. The summed E-state index contributed by atoms with van der Waals surface area (Å²) in [6, 6.07) is 7.62. The van der Waals surface area contributed by atoms with Crippen LogP contribution in [0.5, 0.6) is 0 Å². The van der Waals surface area contributed by atoms with E-state index < -0.39 is 0 Å². The summed E-state index contributed by atoms with van der Waals surface area (Å²) in [5.41, 5.74) is 1.56. The summed E-state index contributed by atoms with van der Waals surface area (Å²) in [5, 5.41) is 2.95. The number of rotatable bonds is 2. The van der Waals surface area contributed by atoms with Crippen molar-refractivity contribution in [2.75, 3.05) is 31.5 Å². The van der Waals surface area contributed by atoms with E-state index in [1.54, 1.807) is 4.90 Å². The number of anilines is 1. The van der Waals surface area contributed by atoms with Gasteiger partial charge in [-0.05, 0) is 58.2 Å². The van der Waals surface area contributed by atoms with Gasteiger partial charge in [0.05, 0.1) is 17.6 Å². The number of hydrogen-bond donors (Lipinski definition) is 1. The largest absolute Gasteiger partial charge is 0.369 e. The van der Waals surface area contributed by atoms with Crippen LogP contribution in [-0.2, 0) is 9.53 Å². The van der Waals surface area contributed by atoms with Gasteiger partial charge in [0.2, 0.25) is 5.91 Å². The summed E-state index contributed by atoms with van der Waals surface area (Å²) in [7, 11) is 0. The fraction of sp³-hybridized carbons (Fsp3) is 0.619. The van der Waals surface area contributed by atoms with Crippen molar-refractivity contribution in [3.63, 3.8) is 0 Å². The summed E-state index contributed by atoms with van der Waals surface area (Å²) in [6.07, 6.45) is 1.71. The molecule has 0 radical (unpaired) electrons. The fourth-order valence-corrected chi connectivity index (χ4v) is 4.17. The first-order valence-corrected chi connectivity index (χ1v) is 9.83. The Morgan fingerprint density at radius 1 is 1.22 bits per heavy atom. The van der Waals surface area contributed by atoms with Crippen LogP contribution in [0.4, 0.5) is 10.5 Å². The number of nitrogens with zero attached hydrogens (tertiary/aromatic N) is 2. The van der Waals surface area contributed by atoms with Crippen molar-refractivity contribution in [2.24, 2.45) is 5.92 Å². The second-order valence-electron chi connectivity index (χ2n) is 8.49. The third kappa shape index (κ3) is 5.01. The topological polar surface area (TPSA) is 61.9 Å². The molecule has 3 amide bonds. The molecule has 148 valence electrons. The Kier molecular flexibility index (Phi) is 5.75. The van der Waals surface area contributed by atoms with Crippen LogP contribution in [0.2, 0.25) is 0 Å². The lowest BCUT2D eigenvalue weighted by Crippen LogP contribution is -2.56. The lowest BCUT2D eigenvalue weighted by atomic mass is 9.95. The Hall–Kier alpha value is -2.08. The van der Waals surface area contributed by atoms with Gasteiger partial charge in [-0.1, -0.05) is 12.1 Å². The Balaban J connectivity index is 1.61. The molecule has 2 fully saturated rings. The zero-order valence-electron chi connectivity index (χ0n) is 16.8. The van der Waals surface area contributed by atoms with Crippen molar-refractivity contribution in [2.45, 2.75) is 52.2 Å². The Morgan fingerprint density at radius 3 is 2.70 bits per heavy atom. The van der Waals surface area contributed by atoms with E-state index in [9.17, 15) is 9.59 Å². The number of piperidine rings is 1. The van der Waals surface area contributed by atoms with E-state index in [0.717, 1.165) is 24.1 Å². The number of nitrogens with one attached hydrogen (secondary N) is 1. The molecule has 2 unspecified atom stereocenters. The normalized spacial score (nSPS) is 25.2. The molecule has 0 aliphatic carbocycles. The van der Waals surface area contributed by atoms with E-state index in [1.165, 1.54) is 0 Å². The van der Waals surface area contributed by atoms with Crippen LogP contribution < -0.4 is 5.32 Å². The Bertz CT molecular complexity index is 704. The quantitative estimate of drug-likeness (QED) is 0.865. The molecule has 0 spiro atoms. The van der Waals surface area contributed by atoms with Gasteiger partial charge in [-0.25, -0.2) is 4.79 Å². The molecule has 2 aliphatic heterocycles. The molecular formula is C21H31N3O3. The van der Waals surface area contributed by atoms with Crippen molar-refractivity contribution in [3.8, 4) is 0 Å². The molecule has 0 bridgehead atoms. The maximum absolute atomic E-state index is 13.1. The Morgan fingerprint density at radius 2 is 2.00 bits per heavy atom. The lowest BCUT2D eigenvalue weighted by molar-refractivity contribution is -0.162. The third-order valence-corrected chi connectivity index (χ3v) is 5.21. The van der Waals surface area contributed by atoms with Gasteiger partial charge in [0.15, 0.2) is 0 Å². The van der Waals surface area contributed by atoms with Crippen LogP contribution in [0.1, 0.15) is 39.2 Å². The number of carbonyl (C=O) groups is 2. The monoisotopic (exact) mass is 373 g/mol. The number of urea groups is 1. The summed E-state index contributed by atoms with van der Waals surface area (Å²) in [6.45, 7) is 10.4. The van der Waals surface area contributed by atoms with Crippen LogP contribution in [-0.4, -0.2) is 59.6 Å². The van der Waals surface area contributed by atoms with E-state index in [-0.39, 0.29) is 29.6 Å². The van der Waals surface area contributed by atoms with E-state index >= 15 is 0 Å². The standard InChI is InChI=1S/C21H31N3O3/c1-15-7-5-9-18(11-15)22-20(26)23-10-6-8-17(13-23)19(25)24-12-16(2)27-21(3,4)14-24/h5,7,9,11,16-17H,6,8,10,12-14H2,1-4H3,(H,22,26). The van der Waals surface area contributed by atoms with Crippen LogP contribution in [0.25, 0.3) is 0 Å². The van der Waals surface area contributed by atoms with Crippen LogP contribution >= 0.6 is 0 Å². The second kappa shape index (κ2) is 7.89. The minimum absolute atomic E-state index is 0.0296. The number of hydrogen-bond acceptors (Lipinski definition) is 3. The molecule has 1 N–H and O–H groups in total. The van der Waals surface area contributed by atoms with E-state index in [0.29, 0.717) is 26.2 Å². The molecule has 1 aromatic rings. The van der Waals surface area contributed by atoms with E-state index in [4.69, 9.17) is 4.74 Å². The predicted molar refractivity (Wildman–Crippen MR) is 106 cm³/mol. The first kappa shape index (κ1) is 19.7. The van der Waals surface area contributed by atoms with Crippen molar-refractivity contribution in [1.82, 2.24) is 9.80 Å². The fourth-order valence-electron chi connectivity index (χ4n) is 4.17. The highest BCUT2D eigenvalue weighted by molar-refractivity contribution is 5.90. The van der Waals surface area contributed by atoms with Gasteiger partial charge in [0.25, 0.3) is 0 Å². The molecule has 27 heavy (non-hydrogen) atoms. The summed E-state index contributed by atoms with van der Waals surface area (Å²) in [4.78, 5) is 29.4. The van der Waals surface area contributed by atoms with Gasteiger partial charge < -0.3 is 19.9 Å². The predicted octanol–water partition coefficient (Wildman–Crippen LogP) is 3.26. The maximum Gasteiger partial charge on any atom is 0.321 e. The lowest BCUT2D eigenvalue weighted by Gasteiger charge is -2.43. The second-order valence-corrected chi connectivity index (χ2v) is 8.49. The number of ether oxygens (including phenoxy) is 1. The zero-order valence-corrected chi connectivity index (χ0v) is 16.8. The average Bonchev–Trinajstić information content (AvgIpc) is 2.59. The zero-order chi connectivity index (χ0) is 19.6. The summed E-state index contributed by atoms with van der Waals surface area (Å²) < 4.78 is 5.91. The number of morpholine rings is 1. The number of amides is 3. The number of aryl methyl sites for hydroxylation is 1. The van der Waals surface area contributed by atoms with E-state index in [1.807, 2.05) is 56.9 Å². The van der Waals surface area contributed by atoms with Gasteiger partial charge in [0.1, 0.15) is 0 Å². The van der Waals surface area contributed by atoms with Gasteiger partial charge in [-0.2, -0.15) is 0 Å². The smallest absolute Gasteiger partial charge is 0.321 e. The van der Waals surface area contributed by atoms with Gasteiger partial charge in [0, 0.05) is 31.9 Å². The van der Waals surface area contributed by atoms with Crippen LogP contribution in [0.3, 0.4) is 0 Å². The van der Waals surface area contributed by atoms with Gasteiger partial charge in [-0.3, -0.25) is 4.79 Å². The molecule has 0 aromatic heterocycles. The summed E-state index contributed by atoms with van der Waals surface area (Å²) in [5.74, 6) is 0.00869. The van der Waals surface area contributed by atoms with E-state index in [2.05, 4.69) is 5.32 Å². The first-order valence-electron chi connectivity index (χ1n) is 9.83. The number of benzene rings is 1. The van der Waals surface area contributed by atoms with Crippen LogP contribution in [0.15, 0.2) is 24.3 Å². The highest BCUT2D eigenvalue weighted by atomic mass is 16.5. The van der Waals surface area contributed by atoms with Crippen molar-refractivity contribution >= 4 is 17.6 Å². The molecule has 6 nitrogen and oxygen atoms in total.